The van der Waals surface area contributed by atoms with E-state index in [9.17, 15) is 4.79 Å². The van der Waals surface area contributed by atoms with Crippen LogP contribution in [0.3, 0.4) is 0 Å². The van der Waals surface area contributed by atoms with Gasteiger partial charge >= 0.3 is 6.03 Å². The van der Waals surface area contributed by atoms with Crippen molar-refractivity contribution in [2.75, 3.05) is 13.6 Å². The summed E-state index contributed by atoms with van der Waals surface area (Å²) in [5.74, 6) is 0.911. The number of hydrogen-bond acceptors (Lipinski definition) is 2. The van der Waals surface area contributed by atoms with Gasteiger partial charge in [-0.3, -0.25) is 0 Å². The SMILES string of the molecule is CNC(=O)NCC(C)(C)c1ccc2nc(C)[nH]c2c1. The van der Waals surface area contributed by atoms with Crippen LogP contribution in [0.5, 0.6) is 0 Å². The molecule has 0 spiro atoms. The maximum absolute atomic E-state index is 11.3. The number of nitrogens with zero attached hydrogens (tertiary/aromatic N) is 1. The van der Waals surface area contributed by atoms with Crippen molar-refractivity contribution in [3.8, 4) is 0 Å². The Bertz CT molecular complexity index is 601. The molecule has 2 amide bonds. The van der Waals surface area contributed by atoms with Crippen molar-refractivity contribution < 1.29 is 4.79 Å². The van der Waals surface area contributed by atoms with Gasteiger partial charge < -0.3 is 15.6 Å². The highest BCUT2D eigenvalue weighted by atomic mass is 16.2. The lowest BCUT2D eigenvalue weighted by Gasteiger charge is -2.25. The number of benzene rings is 1. The van der Waals surface area contributed by atoms with Crippen LogP contribution < -0.4 is 10.6 Å². The second kappa shape index (κ2) is 4.91. The van der Waals surface area contributed by atoms with Crippen LogP contribution in [0.2, 0.25) is 0 Å². The zero-order chi connectivity index (χ0) is 14.0. The van der Waals surface area contributed by atoms with E-state index in [1.807, 2.05) is 13.0 Å². The molecule has 3 N–H and O–H groups in total. The van der Waals surface area contributed by atoms with Crippen LogP contribution in [0.1, 0.15) is 25.2 Å². The molecule has 2 aromatic rings. The molecular weight excluding hydrogens is 240 g/mol. The summed E-state index contributed by atoms with van der Waals surface area (Å²) in [5, 5.41) is 5.40. The number of carbonyl (C=O) groups is 1. The molecule has 0 saturated heterocycles. The van der Waals surface area contributed by atoms with Gasteiger partial charge in [-0.15, -0.1) is 0 Å². The van der Waals surface area contributed by atoms with Crippen molar-refractivity contribution in [3.63, 3.8) is 0 Å². The van der Waals surface area contributed by atoms with Gasteiger partial charge in [0.25, 0.3) is 0 Å². The topological polar surface area (TPSA) is 69.8 Å². The summed E-state index contributed by atoms with van der Waals surface area (Å²) < 4.78 is 0. The number of aromatic nitrogens is 2. The number of nitrogens with one attached hydrogen (secondary N) is 3. The standard InChI is InChI=1S/C14H20N4O/c1-9-17-11-6-5-10(7-12(11)18-9)14(2,3)8-16-13(19)15-4/h5-7H,8H2,1-4H3,(H,17,18)(H2,15,16,19). The minimum atomic E-state index is -0.161. The molecule has 0 bridgehead atoms. The smallest absolute Gasteiger partial charge is 0.314 e. The summed E-state index contributed by atoms with van der Waals surface area (Å²) in [7, 11) is 1.61. The maximum atomic E-state index is 11.3. The number of aryl methyl sites for hydroxylation is 1. The van der Waals surface area contributed by atoms with E-state index in [4.69, 9.17) is 0 Å². The highest BCUT2D eigenvalue weighted by molar-refractivity contribution is 5.76. The third-order valence-electron chi connectivity index (χ3n) is 3.30. The Morgan fingerprint density at radius 3 is 2.84 bits per heavy atom. The summed E-state index contributed by atoms with van der Waals surface area (Å²) in [4.78, 5) is 18.9. The first-order valence-electron chi connectivity index (χ1n) is 6.35. The first-order chi connectivity index (χ1) is 8.92. The Morgan fingerprint density at radius 2 is 2.16 bits per heavy atom. The molecule has 0 aliphatic carbocycles. The van der Waals surface area contributed by atoms with Gasteiger partial charge in [0, 0.05) is 19.0 Å². The zero-order valence-electron chi connectivity index (χ0n) is 11.8. The fraction of sp³-hybridized carbons (Fsp3) is 0.429. The van der Waals surface area contributed by atoms with Gasteiger partial charge in [-0.1, -0.05) is 19.9 Å². The number of aromatic amines is 1. The molecule has 2 rings (SSSR count). The van der Waals surface area contributed by atoms with Crippen LogP contribution >= 0.6 is 0 Å². The Morgan fingerprint density at radius 1 is 1.42 bits per heavy atom. The fourth-order valence-corrected chi connectivity index (χ4v) is 2.05. The Balaban J connectivity index is 2.23. The van der Waals surface area contributed by atoms with Crippen molar-refractivity contribution in [2.24, 2.45) is 0 Å². The first kappa shape index (κ1) is 13.4. The molecule has 1 heterocycles. The predicted octanol–water partition coefficient (Wildman–Crippen LogP) is 2.08. The third kappa shape index (κ3) is 2.86. The Labute approximate surface area is 112 Å². The van der Waals surface area contributed by atoms with Gasteiger partial charge in [-0.05, 0) is 24.6 Å². The van der Waals surface area contributed by atoms with Gasteiger partial charge in [0.15, 0.2) is 0 Å². The van der Waals surface area contributed by atoms with E-state index in [2.05, 4.69) is 46.6 Å². The quantitative estimate of drug-likeness (QED) is 0.790. The van der Waals surface area contributed by atoms with E-state index in [0.29, 0.717) is 6.54 Å². The number of H-pyrrole nitrogens is 1. The highest BCUT2D eigenvalue weighted by Gasteiger charge is 2.21. The number of imidazole rings is 1. The van der Waals surface area contributed by atoms with E-state index < -0.39 is 0 Å². The number of fused-ring (bicyclic) bond motifs is 1. The van der Waals surface area contributed by atoms with Crippen LogP contribution in [-0.4, -0.2) is 29.6 Å². The molecule has 0 radical (unpaired) electrons. The lowest BCUT2D eigenvalue weighted by molar-refractivity contribution is 0.240. The Hall–Kier alpha value is -2.04. The van der Waals surface area contributed by atoms with Crippen LogP contribution in [0, 0.1) is 6.92 Å². The molecule has 0 aliphatic rings. The molecule has 0 fully saturated rings. The summed E-state index contributed by atoms with van der Waals surface area (Å²) in [6.07, 6.45) is 0. The third-order valence-corrected chi connectivity index (χ3v) is 3.30. The number of hydrogen-bond donors (Lipinski definition) is 3. The number of amides is 2. The van der Waals surface area contributed by atoms with E-state index in [0.717, 1.165) is 16.9 Å². The van der Waals surface area contributed by atoms with Crippen molar-refractivity contribution in [1.82, 2.24) is 20.6 Å². The van der Waals surface area contributed by atoms with E-state index in [-0.39, 0.29) is 11.4 Å². The van der Waals surface area contributed by atoms with Crippen molar-refractivity contribution in [2.45, 2.75) is 26.2 Å². The zero-order valence-corrected chi connectivity index (χ0v) is 11.8. The summed E-state index contributed by atoms with van der Waals surface area (Å²) in [6, 6.07) is 6.01. The van der Waals surface area contributed by atoms with Gasteiger partial charge in [-0.25, -0.2) is 9.78 Å². The van der Waals surface area contributed by atoms with Crippen molar-refractivity contribution >= 4 is 17.1 Å². The van der Waals surface area contributed by atoms with Gasteiger partial charge in [0.1, 0.15) is 5.82 Å². The number of urea groups is 1. The molecule has 1 aromatic heterocycles. The predicted molar refractivity (Wildman–Crippen MR) is 76.3 cm³/mol. The summed E-state index contributed by atoms with van der Waals surface area (Å²) in [5.41, 5.74) is 3.03. The van der Waals surface area contributed by atoms with Gasteiger partial charge in [0.2, 0.25) is 0 Å². The minimum absolute atomic E-state index is 0.139. The molecular formula is C14H20N4O. The molecule has 19 heavy (non-hydrogen) atoms. The average Bonchev–Trinajstić information content (AvgIpc) is 2.74. The number of rotatable bonds is 3. The normalized spacial score (nSPS) is 11.6. The molecule has 1 aromatic carbocycles. The Kier molecular flexibility index (Phi) is 3.46. The van der Waals surface area contributed by atoms with Crippen molar-refractivity contribution in [3.05, 3.63) is 29.6 Å². The van der Waals surface area contributed by atoms with Crippen LogP contribution in [0.4, 0.5) is 4.79 Å². The molecule has 0 atom stereocenters. The van der Waals surface area contributed by atoms with Crippen LogP contribution in [-0.2, 0) is 5.41 Å². The van der Waals surface area contributed by atoms with Crippen LogP contribution in [0.25, 0.3) is 11.0 Å². The second-order valence-electron chi connectivity index (χ2n) is 5.37. The lowest BCUT2D eigenvalue weighted by atomic mass is 9.84. The van der Waals surface area contributed by atoms with Crippen molar-refractivity contribution in [1.29, 1.82) is 0 Å². The largest absolute Gasteiger partial charge is 0.342 e. The molecule has 0 unspecified atom stereocenters. The summed E-state index contributed by atoms with van der Waals surface area (Å²) >= 11 is 0. The van der Waals surface area contributed by atoms with E-state index >= 15 is 0 Å². The minimum Gasteiger partial charge on any atom is -0.342 e. The molecule has 5 heteroatoms. The highest BCUT2D eigenvalue weighted by Crippen LogP contribution is 2.25. The molecule has 5 nitrogen and oxygen atoms in total. The van der Waals surface area contributed by atoms with E-state index in [1.165, 1.54) is 5.56 Å². The van der Waals surface area contributed by atoms with E-state index in [1.54, 1.807) is 7.05 Å². The molecule has 102 valence electrons. The number of carbonyl (C=O) groups excluding carboxylic acids is 1. The molecule has 0 aliphatic heterocycles. The average molecular weight is 260 g/mol. The maximum Gasteiger partial charge on any atom is 0.314 e. The molecule has 0 saturated carbocycles. The second-order valence-corrected chi connectivity index (χ2v) is 5.37. The fourth-order valence-electron chi connectivity index (χ4n) is 2.05. The van der Waals surface area contributed by atoms with Gasteiger partial charge in [-0.2, -0.15) is 0 Å². The first-order valence-corrected chi connectivity index (χ1v) is 6.35. The van der Waals surface area contributed by atoms with Crippen LogP contribution in [0.15, 0.2) is 18.2 Å². The monoisotopic (exact) mass is 260 g/mol. The summed E-state index contributed by atoms with van der Waals surface area (Å²) in [6.45, 7) is 6.73. The lowest BCUT2D eigenvalue weighted by Crippen LogP contribution is -2.40. The van der Waals surface area contributed by atoms with Gasteiger partial charge in [0.05, 0.1) is 11.0 Å².